The average molecular weight is 385 g/mol. The normalized spacial score (nSPS) is 24.4. The molecule has 1 amide bonds. The van der Waals surface area contributed by atoms with Crippen LogP contribution in [0.15, 0.2) is 11.2 Å². The number of hydrogen-bond donors (Lipinski definition) is 0. The Labute approximate surface area is 158 Å². The lowest BCUT2D eigenvalue weighted by atomic mass is 10.1. The van der Waals surface area contributed by atoms with Gasteiger partial charge in [0.15, 0.2) is 5.16 Å². The number of rotatable bonds is 4. The van der Waals surface area contributed by atoms with Gasteiger partial charge in [-0.15, -0.1) is 0 Å². The SMILES string of the molecule is CC1CN(C(=O)CSc2nc(Cl)cc(N3CCCCC3)n2)CC(C)O1. The van der Waals surface area contributed by atoms with Crippen LogP contribution in [0.4, 0.5) is 5.82 Å². The number of anilines is 1. The Morgan fingerprint density at radius 3 is 2.60 bits per heavy atom. The highest BCUT2D eigenvalue weighted by atomic mass is 35.5. The number of morpholine rings is 1. The predicted molar refractivity (Wildman–Crippen MR) is 100 cm³/mol. The summed E-state index contributed by atoms with van der Waals surface area (Å²) in [6.07, 6.45) is 3.77. The number of nitrogens with zero attached hydrogens (tertiary/aromatic N) is 4. The summed E-state index contributed by atoms with van der Waals surface area (Å²) in [4.78, 5) is 25.5. The summed E-state index contributed by atoms with van der Waals surface area (Å²) < 4.78 is 5.68. The highest BCUT2D eigenvalue weighted by Crippen LogP contribution is 2.24. The van der Waals surface area contributed by atoms with E-state index in [0.717, 1.165) is 18.9 Å². The van der Waals surface area contributed by atoms with Crippen molar-refractivity contribution in [2.24, 2.45) is 0 Å². The maximum Gasteiger partial charge on any atom is 0.233 e. The minimum atomic E-state index is 0.0748. The van der Waals surface area contributed by atoms with Crippen molar-refractivity contribution in [2.45, 2.75) is 50.5 Å². The van der Waals surface area contributed by atoms with Crippen LogP contribution in [0.1, 0.15) is 33.1 Å². The fraction of sp³-hybridized carbons (Fsp3) is 0.706. The Morgan fingerprint density at radius 1 is 1.24 bits per heavy atom. The maximum absolute atomic E-state index is 12.5. The number of thioether (sulfide) groups is 1. The first-order valence-corrected chi connectivity index (χ1v) is 10.2. The zero-order valence-electron chi connectivity index (χ0n) is 14.8. The molecule has 1 aromatic heterocycles. The van der Waals surface area contributed by atoms with E-state index in [1.165, 1.54) is 31.0 Å². The van der Waals surface area contributed by atoms with Crippen LogP contribution in [-0.2, 0) is 9.53 Å². The molecule has 0 radical (unpaired) electrons. The molecule has 0 spiro atoms. The van der Waals surface area contributed by atoms with Crippen LogP contribution in [0, 0.1) is 0 Å². The van der Waals surface area contributed by atoms with Gasteiger partial charge in [0.2, 0.25) is 5.91 Å². The summed E-state index contributed by atoms with van der Waals surface area (Å²) in [7, 11) is 0. The molecule has 2 saturated heterocycles. The van der Waals surface area contributed by atoms with Gasteiger partial charge >= 0.3 is 0 Å². The summed E-state index contributed by atoms with van der Waals surface area (Å²) in [5, 5.41) is 0.995. The molecule has 1 aromatic rings. The molecule has 0 aliphatic carbocycles. The molecule has 2 unspecified atom stereocenters. The van der Waals surface area contributed by atoms with Crippen molar-refractivity contribution in [3.8, 4) is 0 Å². The fourth-order valence-electron chi connectivity index (χ4n) is 3.33. The molecular formula is C17H25ClN4O2S. The number of piperidine rings is 1. The molecule has 138 valence electrons. The number of ether oxygens (including phenoxy) is 1. The largest absolute Gasteiger partial charge is 0.372 e. The van der Waals surface area contributed by atoms with Crippen molar-refractivity contribution in [1.82, 2.24) is 14.9 Å². The van der Waals surface area contributed by atoms with Gasteiger partial charge in [-0.25, -0.2) is 9.97 Å². The Morgan fingerprint density at radius 2 is 1.92 bits per heavy atom. The second kappa shape index (κ2) is 8.56. The van der Waals surface area contributed by atoms with E-state index >= 15 is 0 Å². The van der Waals surface area contributed by atoms with Crippen LogP contribution in [0.2, 0.25) is 5.15 Å². The van der Waals surface area contributed by atoms with Gasteiger partial charge in [0.05, 0.1) is 18.0 Å². The van der Waals surface area contributed by atoms with Gasteiger partial charge in [-0.3, -0.25) is 4.79 Å². The van der Waals surface area contributed by atoms with Crippen LogP contribution in [0.3, 0.4) is 0 Å². The van der Waals surface area contributed by atoms with E-state index in [0.29, 0.717) is 29.2 Å². The quantitative estimate of drug-likeness (QED) is 0.452. The highest BCUT2D eigenvalue weighted by molar-refractivity contribution is 7.99. The molecule has 0 bridgehead atoms. The van der Waals surface area contributed by atoms with E-state index < -0.39 is 0 Å². The number of halogens is 1. The third kappa shape index (κ3) is 5.21. The molecule has 8 heteroatoms. The van der Waals surface area contributed by atoms with Crippen LogP contribution in [-0.4, -0.2) is 64.9 Å². The number of hydrogen-bond acceptors (Lipinski definition) is 6. The fourth-order valence-corrected chi connectivity index (χ4v) is 4.32. The molecule has 0 N–H and O–H groups in total. The smallest absolute Gasteiger partial charge is 0.233 e. The van der Waals surface area contributed by atoms with Gasteiger partial charge < -0.3 is 14.5 Å². The van der Waals surface area contributed by atoms with Crippen molar-refractivity contribution in [2.75, 3.05) is 36.8 Å². The first-order valence-electron chi connectivity index (χ1n) is 8.87. The van der Waals surface area contributed by atoms with Crippen molar-refractivity contribution in [3.63, 3.8) is 0 Å². The Kier molecular flexibility index (Phi) is 6.41. The summed E-state index contributed by atoms with van der Waals surface area (Å²) in [6, 6.07) is 1.81. The third-order valence-electron chi connectivity index (χ3n) is 4.44. The molecule has 2 fully saturated rings. The van der Waals surface area contributed by atoms with Crippen LogP contribution in [0.25, 0.3) is 0 Å². The second-order valence-corrected chi connectivity index (χ2v) is 8.05. The number of carbonyl (C=O) groups excluding carboxylic acids is 1. The number of carbonyl (C=O) groups is 1. The summed E-state index contributed by atoms with van der Waals surface area (Å²) in [5.74, 6) is 1.28. The lowest BCUT2D eigenvalue weighted by molar-refractivity contribution is -0.140. The lowest BCUT2D eigenvalue weighted by Gasteiger charge is -2.35. The number of aromatic nitrogens is 2. The molecule has 2 aliphatic rings. The van der Waals surface area contributed by atoms with Gasteiger partial charge in [0, 0.05) is 32.2 Å². The molecule has 0 saturated carbocycles. The summed E-state index contributed by atoms with van der Waals surface area (Å²) in [5.41, 5.74) is 0. The summed E-state index contributed by atoms with van der Waals surface area (Å²) in [6.45, 7) is 7.26. The maximum atomic E-state index is 12.5. The van der Waals surface area contributed by atoms with Gasteiger partial charge in [-0.2, -0.15) is 0 Å². The third-order valence-corrected chi connectivity index (χ3v) is 5.46. The molecular weight excluding hydrogens is 360 g/mol. The van der Waals surface area contributed by atoms with E-state index in [1.54, 1.807) is 0 Å². The van der Waals surface area contributed by atoms with Gasteiger partial charge in [0.25, 0.3) is 0 Å². The Balaban J connectivity index is 1.60. The molecule has 3 heterocycles. The minimum Gasteiger partial charge on any atom is -0.372 e. The van der Waals surface area contributed by atoms with Gasteiger partial charge in [-0.05, 0) is 33.1 Å². The molecule has 0 aromatic carbocycles. The first-order chi connectivity index (χ1) is 12.0. The van der Waals surface area contributed by atoms with Gasteiger partial charge in [-0.1, -0.05) is 23.4 Å². The molecule has 6 nitrogen and oxygen atoms in total. The standard InChI is InChI=1S/C17H25ClN4O2S/c1-12-9-22(10-13(2)24-12)16(23)11-25-17-19-14(18)8-15(20-17)21-6-4-3-5-7-21/h8,12-13H,3-7,9-11H2,1-2H3. The minimum absolute atomic E-state index is 0.0748. The van der Waals surface area contributed by atoms with E-state index in [2.05, 4.69) is 14.9 Å². The van der Waals surface area contributed by atoms with Crippen LogP contribution in [0.5, 0.6) is 0 Å². The monoisotopic (exact) mass is 384 g/mol. The number of amides is 1. The molecule has 3 rings (SSSR count). The van der Waals surface area contributed by atoms with E-state index in [1.807, 2.05) is 24.8 Å². The zero-order chi connectivity index (χ0) is 17.8. The van der Waals surface area contributed by atoms with Crippen molar-refractivity contribution >= 4 is 35.1 Å². The Hall–Kier alpha value is -1.05. The second-order valence-electron chi connectivity index (χ2n) is 6.72. The first kappa shape index (κ1) is 18.7. The van der Waals surface area contributed by atoms with Crippen LogP contribution >= 0.6 is 23.4 Å². The zero-order valence-corrected chi connectivity index (χ0v) is 16.4. The van der Waals surface area contributed by atoms with E-state index in [4.69, 9.17) is 16.3 Å². The average Bonchev–Trinajstić information content (AvgIpc) is 2.59. The Bertz CT molecular complexity index is 602. The van der Waals surface area contributed by atoms with Crippen LogP contribution < -0.4 is 4.90 Å². The van der Waals surface area contributed by atoms with Crippen molar-refractivity contribution in [1.29, 1.82) is 0 Å². The lowest BCUT2D eigenvalue weighted by Crippen LogP contribution is -2.48. The molecule has 25 heavy (non-hydrogen) atoms. The topological polar surface area (TPSA) is 58.6 Å². The van der Waals surface area contributed by atoms with Crippen molar-refractivity contribution in [3.05, 3.63) is 11.2 Å². The molecule has 2 atom stereocenters. The van der Waals surface area contributed by atoms with Gasteiger partial charge in [0.1, 0.15) is 11.0 Å². The highest BCUT2D eigenvalue weighted by Gasteiger charge is 2.26. The van der Waals surface area contributed by atoms with E-state index in [-0.39, 0.29) is 18.1 Å². The summed E-state index contributed by atoms with van der Waals surface area (Å²) >= 11 is 7.52. The van der Waals surface area contributed by atoms with Crippen molar-refractivity contribution < 1.29 is 9.53 Å². The predicted octanol–water partition coefficient (Wildman–Crippen LogP) is 2.85. The van der Waals surface area contributed by atoms with E-state index in [9.17, 15) is 4.79 Å². The molecule has 2 aliphatic heterocycles.